The van der Waals surface area contributed by atoms with Crippen molar-refractivity contribution in [3.63, 3.8) is 0 Å². The van der Waals surface area contributed by atoms with Crippen LogP contribution in [0.25, 0.3) is 11.5 Å². The lowest BCUT2D eigenvalue weighted by Gasteiger charge is -2.31. The molecule has 1 atom stereocenters. The van der Waals surface area contributed by atoms with Gasteiger partial charge in [-0.3, -0.25) is 14.8 Å². The minimum absolute atomic E-state index is 0.0203. The molecule has 4 rings (SSSR count). The summed E-state index contributed by atoms with van der Waals surface area (Å²) in [7, 11) is 0. The van der Waals surface area contributed by atoms with Gasteiger partial charge in [-0.25, -0.2) is 0 Å². The van der Waals surface area contributed by atoms with Crippen molar-refractivity contribution in [2.24, 2.45) is 5.92 Å². The summed E-state index contributed by atoms with van der Waals surface area (Å²) in [6, 6.07) is 13.0. The number of halogens is 1. The molecule has 2 aromatic heterocycles. The second kappa shape index (κ2) is 7.48. The number of carbonyl (C=O) groups is 1. The Labute approximate surface area is 157 Å². The lowest BCUT2D eigenvalue weighted by atomic mass is 9.90. The van der Waals surface area contributed by atoms with Crippen LogP contribution in [0.3, 0.4) is 0 Å². The standard InChI is InChI=1S/C20H20ClN3O2/c21-16-5-3-14(4-6-16)20(25)15-2-1-11-24(12-15)13-17-7-8-19(26-17)18-9-10-22-23-18/h3-10,15H,1-2,11-13H2,(H,22,23)/t15-/m1/s1. The number of nitrogens with zero attached hydrogens (tertiary/aromatic N) is 2. The normalized spacial score (nSPS) is 18.1. The molecule has 1 saturated heterocycles. The molecule has 1 aliphatic heterocycles. The maximum atomic E-state index is 12.8. The van der Waals surface area contributed by atoms with Crippen molar-refractivity contribution in [3.05, 3.63) is 65.0 Å². The number of carbonyl (C=O) groups excluding carboxylic acids is 1. The Kier molecular flexibility index (Phi) is 4.91. The molecule has 0 radical (unpaired) electrons. The van der Waals surface area contributed by atoms with Gasteiger partial charge < -0.3 is 4.42 Å². The number of hydrogen-bond donors (Lipinski definition) is 1. The van der Waals surface area contributed by atoms with E-state index in [1.807, 2.05) is 30.3 Å². The van der Waals surface area contributed by atoms with Crippen molar-refractivity contribution in [1.29, 1.82) is 0 Å². The zero-order chi connectivity index (χ0) is 17.9. The molecule has 3 heterocycles. The van der Waals surface area contributed by atoms with Crippen molar-refractivity contribution in [2.75, 3.05) is 13.1 Å². The maximum absolute atomic E-state index is 12.8. The fraction of sp³-hybridized carbons (Fsp3) is 0.300. The van der Waals surface area contributed by atoms with Crippen LogP contribution < -0.4 is 0 Å². The molecule has 6 heteroatoms. The van der Waals surface area contributed by atoms with Gasteiger partial charge in [0.15, 0.2) is 11.5 Å². The first-order valence-electron chi connectivity index (χ1n) is 8.79. The van der Waals surface area contributed by atoms with Crippen molar-refractivity contribution < 1.29 is 9.21 Å². The number of likely N-dealkylation sites (tertiary alicyclic amines) is 1. The van der Waals surface area contributed by atoms with Crippen molar-refractivity contribution in [3.8, 4) is 11.5 Å². The molecule has 134 valence electrons. The van der Waals surface area contributed by atoms with E-state index in [9.17, 15) is 4.79 Å². The SMILES string of the molecule is O=C(c1ccc(Cl)cc1)[C@@H]1CCCN(Cc2ccc(-c3ccn[nH]3)o2)C1. The summed E-state index contributed by atoms with van der Waals surface area (Å²) in [6.07, 6.45) is 3.64. The Bertz CT molecular complexity index is 871. The molecular formula is C20H20ClN3O2. The van der Waals surface area contributed by atoms with Crippen LogP contribution in [0.2, 0.25) is 5.02 Å². The van der Waals surface area contributed by atoms with Gasteiger partial charge >= 0.3 is 0 Å². The molecule has 0 unspecified atom stereocenters. The summed E-state index contributed by atoms with van der Waals surface area (Å²) in [6.45, 7) is 2.44. The summed E-state index contributed by atoms with van der Waals surface area (Å²) in [5, 5.41) is 7.50. The highest BCUT2D eigenvalue weighted by atomic mass is 35.5. The molecule has 1 aromatic carbocycles. The molecule has 0 amide bonds. The first kappa shape index (κ1) is 17.1. The molecule has 1 fully saturated rings. The highest BCUT2D eigenvalue weighted by Gasteiger charge is 2.27. The number of H-pyrrole nitrogens is 1. The van der Waals surface area contributed by atoms with Gasteiger partial charge in [-0.05, 0) is 61.9 Å². The fourth-order valence-electron chi connectivity index (χ4n) is 3.48. The molecule has 0 bridgehead atoms. The third-order valence-corrected chi connectivity index (χ3v) is 5.06. The Morgan fingerprint density at radius 3 is 2.85 bits per heavy atom. The van der Waals surface area contributed by atoms with Gasteiger partial charge in [0.05, 0.1) is 6.54 Å². The zero-order valence-corrected chi connectivity index (χ0v) is 15.1. The monoisotopic (exact) mass is 369 g/mol. The van der Waals surface area contributed by atoms with Crippen LogP contribution >= 0.6 is 11.6 Å². The molecule has 0 aliphatic carbocycles. The van der Waals surface area contributed by atoms with Crippen LogP contribution in [0.4, 0.5) is 0 Å². The minimum Gasteiger partial charge on any atom is -0.458 e. The molecule has 1 N–H and O–H groups in total. The van der Waals surface area contributed by atoms with E-state index in [0.717, 1.165) is 48.7 Å². The summed E-state index contributed by atoms with van der Waals surface area (Å²) < 4.78 is 5.91. The van der Waals surface area contributed by atoms with Gasteiger partial charge in [-0.15, -0.1) is 0 Å². The van der Waals surface area contributed by atoms with E-state index in [-0.39, 0.29) is 11.7 Å². The number of hydrogen-bond acceptors (Lipinski definition) is 4. The number of piperidine rings is 1. The summed E-state index contributed by atoms with van der Waals surface area (Å²) in [5.74, 6) is 1.90. The topological polar surface area (TPSA) is 62.1 Å². The maximum Gasteiger partial charge on any atom is 0.167 e. The Hall–Kier alpha value is -2.37. The van der Waals surface area contributed by atoms with Crippen molar-refractivity contribution >= 4 is 17.4 Å². The van der Waals surface area contributed by atoms with Crippen LogP contribution in [0.1, 0.15) is 29.0 Å². The third kappa shape index (κ3) is 3.74. The van der Waals surface area contributed by atoms with Gasteiger partial charge in [0.1, 0.15) is 11.5 Å². The number of ketones is 1. The van der Waals surface area contributed by atoms with E-state index >= 15 is 0 Å². The lowest BCUT2D eigenvalue weighted by Crippen LogP contribution is -2.38. The molecule has 1 aliphatic rings. The highest BCUT2D eigenvalue weighted by molar-refractivity contribution is 6.30. The van der Waals surface area contributed by atoms with E-state index in [1.165, 1.54) is 0 Å². The third-order valence-electron chi connectivity index (χ3n) is 4.81. The second-order valence-electron chi connectivity index (χ2n) is 6.68. The fourth-order valence-corrected chi connectivity index (χ4v) is 3.61. The van der Waals surface area contributed by atoms with Crippen LogP contribution in [0.15, 0.2) is 53.1 Å². The number of benzene rings is 1. The second-order valence-corrected chi connectivity index (χ2v) is 7.12. The van der Waals surface area contributed by atoms with Gasteiger partial charge in [-0.2, -0.15) is 5.10 Å². The summed E-state index contributed by atoms with van der Waals surface area (Å²) in [5.41, 5.74) is 1.60. The van der Waals surface area contributed by atoms with Gasteiger partial charge in [0, 0.05) is 29.2 Å². The van der Waals surface area contributed by atoms with E-state index < -0.39 is 0 Å². The number of nitrogens with one attached hydrogen (secondary N) is 1. The Morgan fingerprint density at radius 2 is 2.08 bits per heavy atom. The molecule has 0 saturated carbocycles. The molecule has 3 aromatic rings. The van der Waals surface area contributed by atoms with Gasteiger partial charge in [0.2, 0.25) is 0 Å². The van der Waals surface area contributed by atoms with E-state index in [0.29, 0.717) is 11.6 Å². The van der Waals surface area contributed by atoms with Gasteiger partial charge in [0.25, 0.3) is 0 Å². The molecule has 5 nitrogen and oxygen atoms in total. The highest BCUT2D eigenvalue weighted by Crippen LogP contribution is 2.25. The van der Waals surface area contributed by atoms with Crippen LogP contribution in [-0.2, 0) is 6.54 Å². The average molecular weight is 370 g/mol. The predicted molar refractivity (Wildman–Crippen MR) is 100 cm³/mol. The first-order chi connectivity index (χ1) is 12.7. The number of furan rings is 1. The largest absolute Gasteiger partial charge is 0.458 e. The van der Waals surface area contributed by atoms with Crippen molar-refractivity contribution in [2.45, 2.75) is 19.4 Å². The average Bonchev–Trinajstić information content (AvgIpc) is 3.34. The van der Waals surface area contributed by atoms with E-state index in [2.05, 4.69) is 15.1 Å². The minimum atomic E-state index is 0.0203. The van der Waals surface area contributed by atoms with Crippen LogP contribution in [0, 0.1) is 5.92 Å². The number of Topliss-reactive ketones (excluding diaryl/α,β-unsaturated/α-hetero) is 1. The Morgan fingerprint density at radius 1 is 1.23 bits per heavy atom. The Balaban J connectivity index is 1.40. The molecular weight excluding hydrogens is 350 g/mol. The smallest absolute Gasteiger partial charge is 0.167 e. The van der Waals surface area contributed by atoms with Crippen LogP contribution in [-0.4, -0.2) is 34.0 Å². The number of rotatable bonds is 5. The first-order valence-corrected chi connectivity index (χ1v) is 9.17. The molecule has 26 heavy (non-hydrogen) atoms. The number of aromatic nitrogens is 2. The predicted octanol–water partition coefficient (Wildman–Crippen LogP) is 4.42. The van der Waals surface area contributed by atoms with E-state index in [4.69, 9.17) is 16.0 Å². The molecule has 0 spiro atoms. The zero-order valence-electron chi connectivity index (χ0n) is 14.3. The quantitative estimate of drug-likeness (QED) is 0.676. The number of aromatic amines is 1. The van der Waals surface area contributed by atoms with Crippen LogP contribution in [0.5, 0.6) is 0 Å². The summed E-state index contributed by atoms with van der Waals surface area (Å²) >= 11 is 5.92. The van der Waals surface area contributed by atoms with Crippen molar-refractivity contribution in [1.82, 2.24) is 15.1 Å². The lowest BCUT2D eigenvalue weighted by molar-refractivity contribution is 0.0803. The summed E-state index contributed by atoms with van der Waals surface area (Å²) in [4.78, 5) is 15.1. The van der Waals surface area contributed by atoms with E-state index in [1.54, 1.807) is 18.3 Å². The van der Waals surface area contributed by atoms with Gasteiger partial charge in [-0.1, -0.05) is 11.6 Å².